The number of pyridine rings is 1. The van der Waals surface area contributed by atoms with Crippen molar-refractivity contribution in [2.75, 3.05) is 19.7 Å². The number of aliphatic hydroxyl groups excluding tert-OH is 1. The summed E-state index contributed by atoms with van der Waals surface area (Å²) in [5.41, 5.74) is 2.18. The molecule has 4 fully saturated rings. The van der Waals surface area contributed by atoms with Gasteiger partial charge in [-0.3, -0.25) is 14.0 Å². The van der Waals surface area contributed by atoms with Crippen molar-refractivity contribution in [3.05, 3.63) is 35.8 Å². The van der Waals surface area contributed by atoms with Gasteiger partial charge in [0.1, 0.15) is 11.3 Å². The SMILES string of the molecule is O=C(Cc1cn2c(C(=O)NCC34CC5CC(CC(C5)C3)C4)cccc2n1)NCCCCO. The Morgan fingerprint density at radius 1 is 1.06 bits per heavy atom. The van der Waals surface area contributed by atoms with Gasteiger partial charge in [-0.1, -0.05) is 6.07 Å². The quantitative estimate of drug-likeness (QED) is 0.525. The van der Waals surface area contributed by atoms with E-state index < -0.39 is 0 Å². The number of nitrogens with one attached hydrogen (secondary N) is 2. The van der Waals surface area contributed by atoms with Crippen LogP contribution in [0.1, 0.15) is 67.5 Å². The fraction of sp³-hybridized carbons (Fsp3) is 0.640. The number of hydrogen-bond donors (Lipinski definition) is 3. The highest BCUT2D eigenvalue weighted by Crippen LogP contribution is 2.59. The first kappa shape index (κ1) is 21.4. The molecule has 4 aliphatic carbocycles. The van der Waals surface area contributed by atoms with Crippen molar-refractivity contribution < 1.29 is 14.7 Å². The monoisotopic (exact) mass is 438 g/mol. The van der Waals surface area contributed by atoms with Crippen molar-refractivity contribution in [2.45, 2.75) is 57.8 Å². The predicted octanol–water partition coefficient (Wildman–Crippen LogP) is 2.71. The highest BCUT2D eigenvalue weighted by Gasteiger charge is 2.50. The van der Waals surface area contributed by atoms with E-state index in [1.807, 2.05) is 18.2 Å². The van der Waals surface area contributed by atoms with Crippen LogP contribution in [0, 0.1) is 23.2 Å². The highest BCUT2D eigenvalue weighted by molar-refractivity contribution is 5.93. The van der Waals surface area contributed by atoms with Crippen molar-refractivity contribution >= 4 is 17.5 Å². The first-order chi connectivity index (χ1) is 15.5. The lowest BCUT2D eigenvalue weighted by Crippen LogP contribution is -2.51. The van der Waals surface area contributed by atoms with Crippen LogP contribution in [0.4, 0.5) is 0 Å². The Hall–Kier alpha value is -2.41. The summed E-state index contributed by atoms with van der Waals surface area (Å²) in [7, 11) is 0. The number of hydrogen-bond acceptors (Lipinski definition) is 4. The molecule has 172 valence electrons. The molecule has 7 heteroatoms. The fourth-order valence-electron chi connectivity index (χ4n) is 6.89. The molecule has 2 aromatic heterocycles. The molecule has 0 aliphatic heterocycles. The summed E-state index contributed by atoms with van der Waals surface area (Å²) in [5.74, 6) is 2.44. The molecule has 4 aliphatic rings. The molecule has 6 rings (SSSR count). The van der Waals surface area contributed by atoms with Gasteiger partial charge in [-0.15, -0.1) is 0 Å². The van der Waals surface area contributed by atoms with Crippen LogP contribution in [0.2, 0.25) is 0 Å². The number of rotatable bonds is 9. The number of carbonyl (C=O) groups is 2. The van der Waals surface area contributed by atoms with E-state index in [4.69, 9.17) is 5.11 Å². The van der Waals surface area contributed by atoms with Crippen molar-refractivity contribution in [1.82, 2.24) is 20.0 Å². The van der Waals surface area contributed by atoms with Crippen LogP contribution < -0.4 is 10.6 Å². The molecule has 32 heavy (non-hydrogen) atoms. The minimum Gasteiger partial charge on any atom is -0.396 e. The molecule has 0 spiro atoms. The Kier molecular flexibility index (Phi) is 5.93. The third-order valence-corrected chi connectivity index (χ3v) is 7.81. The Morgan fingerprint density at radius 2 is 1.78 bits per heavy atom. The predicted molar refractivity (Wildman–Crippen MR) is 121 cm³/mol. The highest BCUT2D eigenvalue weighted by atomic mass is 16.3. The molecule has 4 saturated carbocycles. The van der Waals surface area contributed by atoms with Gasteiger partial charge in [0.15, 0.2) is 0 Å². The van der Waals surface area contributed by atoms with Gasteiger partial charge >= 0.3 is 0 Å². The number of carbonyl (C=O) groups excluding carboxylic acids is 2. The third-order valence-electron chi connectivity index (χ3n) is 7.81. The van der Waals surface area contributed by atoms with Gasteiger partial charge in [0.05, 0.1) is 12.1 Å². The molecular formula is C25H34N4O3. The van der Waals surface area contributed by atoms with Crippen molar-refractivity contribution in [2.24, 2.45) is 23.2 Å². The van der Waals surface area contributed by atoms with Crippen molar-refractivity contribution in [3.63, 3.8) is 0 Å². The summed E-state index contributed by atoms with van der Waals surface area (Å²) in [6, 6.07) is 5.53. The normalized spacial score (nSPS) is 28.2. The summed E-state index contributed by atoms with van der Waals surface area (Å²) in [5, 5.41) is 14.9. The zero-order valence-corrected chi connectivity index (χ0v) is 18.7. The molecule has 2 amide bonds. The zero-order chi connectivity index (χ0) is 22.1. The molecule has 2 aromatic rings. The molecular weight excluding hydrogens is 404 g/mol. The van der Waals surface area contributed by atoms with Crippen LogP contribution in [-0.4, -0.2) is 46.0 Å². The van der Waals surface area contributed by atoms with Gasteiger partial charge in [-0.2, -0.15) is 0 Å². The van der Waals surface area contributed by atoms with Crippen LogP contribution in [0.5, 0.6) is 0 Å². The number of aliphatic hydroxyl groups is 1. The maximum Gasteiger partial charge on any atom is 0.268 e. The lowest BCUT2D eigenvalue weighted by molar-refractivity contribution is -0.120. The second-order valence-corrected chi connectivity index (χ2v) is 10.4. The van der Waals surface area contributed by atoms with Gasteiger partial charge in [0.25, 0.3) is 5.91 Å². The minimum atomic E-state index is -0.0980. The van der Waals surface area contributed by atoms with Gasteiger partial charge < -0.3 is 15.7 Å². The topological polar surface area (TPSA) is 95.7 Å². The number of nitrogens with zero attached hydrogens (tertiary/aromatic N) is 2. The lowest BCUT2D eigenvalue weighted by atomic mass is 9.49. The van der Waals surface area contributed by atoms with E-state index in [1.165, 1.54) is 38.5 Å². The van der Waals surface area contributed by atoms with Gasteiger partial charge in [-0.05, 0) is 86.7 Å². The van der Waals surface area contributed by atoms with Crippen LogP contribution in [0.25, 0.3) is 5.65 Å². The average molecular weight is 439 g/mol. The van der Waals surface area contributed by atoms with E-state index in [9.17, 15) is 9.59 Å². The zero-order valence-electron chi connectivity index (χ0n) is 18.7. The first-order valence-electron chi connectivity index (χ1n) is 12.2. The number of imidazole rings is 1. The van der Waals surface area contributed by atoms with Gasteiger partial charge in [-0.25, -0.2) is 4.98 Å². The number of fused-ring (bicyclic) bond motifs is 1. The average Bonchev–Trinajstić information content (AvgIpc) is 3.16. The summed E-state index contributed by atoms with van der Waals surface area (Å²) in [6.07, 6.45) is 11.4. The Balaban J connectivity index is 1.23. The van der Waals surface area contributed by atoms with Crippen LogP contribution in [-0.2, 0) is 11.2 Å². The summed E-state index contributed by atoms with van der Waals surface area (Å²) in [4.78, 5) is 29.8. The van der Waals surface area contributed by atoms with E-state index in [0.717, 1.165) is 30.7 Å². The largest absolute Gasteiger partial charge is 0.396 e. The van der Waals surface area contributed by atoms with Crippen molar-refractivity contribution in [1.29, 1.82) is 0 Å². The van der Waals surface area contributed by atoms with Crippen LogP contribution in [0.3, 0.4) is 0 Å². The molecule has 0 aromatic carbocycles. The maximum absolute atomic E-state index is 13.1. The summed E-state index contributed by atoms with van der Waals surface area (Å²) in [6.45, 7) is 1.45. The fourth-order valence-corrected chi connectivity index (χ4v) is 6.89. The van der Waals surface area contributed by atoms with E-state index in [2.05, 4.69) is 15.6 Å². The second-order valence-electron chi connectivity index (χ2n) is 10.4. The van der Waals surface area contributed by atoms with Crippen LogP contribution >= 0.6 is 0 Å². The van der Waals surface area contributed by atoms with Gasteiger partial charge in [0.2, 0.25) is 5.91 Å². The smallest absolute Gasteiger partial charge is 0.268 e. The molecule has 4 bridgehead atoms. The second kappa shape index (κ2) is 8.85. The Bertz CT molecular complexity index is 963. The number of unbranched alkanes of at least 4 members (excludes halogenated alkanes) is 1. The summed E-state index contributed by atoms with van der Waals surface area (Å²) >= 11 is 0. The molecule has 2 heterocycles. The Labute approximate surface area is 189 Å². The third kappa shape index (κ3) is 4.40. The van der Waals surface area contributed by atoms with Crippen LogP contribution in [0.15, 0.2) is 24.4 Å². The molecule has 3 N–H and O–H groups in total. The van der Waals surface area contributed by atoms with E-state index >= 15 is 0 Å². The molecule has 0 unspecified atom stereocenters. The molecule has 7 nitrogen and oxygen atoms in total. The number of aromatic nitrogens is 2. The lowest BCUT2D eigenvalue weighted by Gasteiger charge is -2.56. The molecule has 0 atom stereocenters. The van der Waals surface area contributed by atoms with E-state index in [1.54, 1.807) is 10.6 Å². The molecule has 0 radical (unpaired) electrons. The maximum atomic E-state index is 13.1. The first-order valence-corrected chi connectivity index (χ1v) is 12.2. The van der Waals surface area contributed by atoms with E-state index in [-0.39, 0.29) is 24.8 Å². The minimum absolute atomic E-state index is 0.0660. The summed E-state index contributed by atoms with van der Waals surface area (Å²) < 4.78 is 1.80. The van der Waals surface area contributed by atoms with E-state index in [0.29, 0.717) is 35.4 Å². The van der Waals surface area contributed by atoms with Gasteiger partial charge in [0, 0.05) is 25.9 Å². The molecule has 0 saturated heterocycles. The standard InChI is InChI=1S/C25H34N4O3/c30-7-2-1-6-26-23(31)11-20-15-29-21(4-3-5-22(29)28-20)24(32)27-16-25-12-17-8-18(13-25)10-19(9-17)14-25/h3-5,15,17-19,30H,1-2,6-14,16H2,(H,26,31)(H,27,32). The Morgan fingerprint density at radius 3 is 2.47 bits per heavy atom. The van der Waals surface area contributed by atoms with Crippen molar-refractivity contribution in [3.8, 4) is 0 Å². The number of amides is 2.